The van der Waals surface area contributed by atoms with E-state index in [9.17, 15) is 4.79 Å². The fourth-order valence-electron chi connectivity index (χ4n) is 2.04. The first-order valence-corrected chi connectivity index (χ1v) is 6.53. The second-order valence-corrected chi connectivity index (χ2v) is 4.37. The van der Waals surface area contributed by atoms with Gasteiger partial charge in [-0.05, 0) is 24.6 Å². The van der Waals surface area contributed by atoms with E-state index >= 15 is 0 Å². The molecule has 0 saturated carbocycles. The molecule has 2 aromatic rings. The average molecular weight is 261 g/mol. The fraction of sp³-hybridized carbons (Fsp3) is 0.400. The quantitative estimate of drug-likeness (QED) is 0.750. The van der Waals surface area contributed by atoms with Gasteiger partial charge < -0.3 is 14.0 Å². The molecule has 1 aromatic heterocycles. The standard InChI is InChI=1S/C15H19NO3/c1-3-11-19-14-6-4-5-13-12(14)7-9-16(13)10-8-15(17)18-2/h4-7,9H,3,8,10-11H2,1-2H3. The number of benzene rings is 1. The molecule has 0 amide bonds. The maximum Gasteiger partial charge on any atom is 0.307 e. The lowest BCUT2D eigenvalue weighted by Crippen LogP contribution is -2.06. The van der Waals surface area contributed by atoms with E-state index in [-0.39, 0.29) is 5.97 Å². The molecule has 0 bridgehead atoms. The zero-order valence-electron chi connectivity index (χ0n) is 11.4. The molecule has 0 atom stereocenters. The Morgan fingerprint density at radius 2 is 2.16 bits per heavy atom. The molecule has 0 spiro atoms. The van der Waals surface area contributed by atoms with Crippen LogP contribution in [0.2, 0.25) is 0 Å². The van der Waals surface area contributed by atoms with Crippen molar-refractivity contribution >= 4 is 16.9 Å². The lowest BCUT2D eigenvalue weighted by atomic mass is 10.2. The first-order chi connectivity index (χ1) is 9.26. The number of hydrogen-bond acceptors (Lipinski definition) is 3. The Labute approximate surface area is 112 Å². The number of rotatable bonds is 6. The number of methoxy groups -OCH3 is 1. The summed E-state index contributed by atoms with van der Waals surface area (Å²) >= 11 is 0. The van der Waals surface area contributed by atoms with Gasteiger partial charge in [0.25, 0.3) is 0 Å². The molecule has 1 aromatic carbocycles. The van der Waals surface area contributed by atoms with E-state index in [0.29, 0.717) is 19.6 Å². The average Bonchev–Trinajstić information content (AvgIpc) is 2.86. The van der Waals surface area contributed by atoms with Gasteiger partial charge in [0.15, 0.2) is 0 Å². The summed E-state index contributed by atoms with van der Waals surface area (Å²) in [6.45, 7) is 3.42. The molecule has 4 nitrogen and oxygen atoms in total. The number of aryl methyl sites for hydroxylation is 1. The fourth-order valence-corrected chi connectivity index (χ4v) is 2.04. The maximum atomic E-state index is 11.2. The normalized spacial score (nSPS) is 10.6. The van der Waals surface area contributed by atoms with Gasteiger partial charge in [0.05, 0.1) is 25.7 Å². The molecule has 0 radical (unpaired) electrons. The number of nitrogens with zero attached hydrogens (tertiary/aromatic N) is 1. The van der Waals surface area contributed by atoms with Crippen molar-refractivity contribution in [2.75, 3.05) is 13.7 Å². The van der Waals surface area contributed by atoms with Crippen molar-refractivity contribution in [1.82, 2.24) is 4.57 Å². The minimum Gasteiger partial charge on any atom is -0.493 e. The van der Waals surface area contributed by atoms with Gasteiger partial charge in [0.2, 0.25) is 0 Å². The molecule has 0 unspecified atom stereocenters. The van der Waals surface area contributed by atoms with Crippen molar-refractivity contribution in [3.05, 3.63) is 30.5 Å². The number of carbonyl (C=O) groups excluding carboxylic acids is 1. The highest BCUT2D eigenvalue weighted by Crippen LogP contribution is 2.26. The summed E-state index contributed by atoms with van der Waals surface area (Å²) < 4.78 is 12.4. The summed E-state index contributed by atoms with van der Waals surface area (Å²) in [5.74, 6) is 0.705. The highest BCUT2D eigenvalue weighted by atomic mass is 16.5. The number of esters is 1. The van der Waals surface area contributed by atoms with Crippen LogP contribution in [-0.4, -0.2) is 24.3 Å². The van der Waals surface area contributed by atoms with E-state index in [2.05, 4.69) is 11.7 Å². The van der Waals surface area contributed by atoms with Gasteiger partial charge in [-0.25, -0.2) is 0 Å². The lowest BCUT2D eigenvalue weighted by molar-refractivity contribution is -0.140. The minimum atomic E-state index is -0.194. The van der Waals surface area contributed by atoms with E-state index in [4.69, 9.17) is 4.74 Å². The smallest absolute Gasteiger partial charge is 0.307 e. The van der Waals surface area contributed by atoms with E-state index in [1.807, 2.05) is 35.0 Å². The highest BCUT2D eigenvalue weighted by molar-refractivity contribution is 5.86. The first-order valence-electron chi connectivity index (χ1n) is 6.53. The molecule has 0 saturated heterocycles. The van der Waals surface area contributed by atoms with E-state index in [0.717, 1.165) is 23.1 Å². The molecular formula is C15H19NO3. The van der Waals surface area contributed by atoms with Crippen LogP contribution in [0.3, 0.4) is 0 Å². The Bertz CT molecular complexity index is 560. The van der Waals surface area contributed by atoms with Crippen LogP contribution in [0.15, 0.2) is 30.5 Å². The molecular weight excluding hydrogens is 242 g/mol. The van der Waals surface area contributed by atoms with E-state index < -0.39 is 0 Å². The summed E-state index contributed by atoms with van der Waals surface area (Å²) in [4.78, 5) is 11.2. The van der Waals surface area contributed by atoms with Crippen molar-refractivity contribution in [2.45, 2.75) is 26.3 Å². The maximum absolute atomic E-state index is 11.2. The van der Waals surface area contributed by atoms with E-state index in [1.165, 1.54) is 7.11 Å². The third kappa shape index (κ3) is 3.08. The molecule has 0 aliphatic heterocycles. The lowest BCUT2D eigenvalue weighted by Gasteiger charge is -2.08. The number of fused-ring (bicyclic) bond motifs is 1. The van der Waals surface area contributed by atoms with Crippen LogP contribution in [0.25, 0.3) is 10.9 Å². The van der Waals surface area contributed by atoms with Crippen molar-refractivity contribution in [3.63, 3.8) is 0 Å². The summed E-state index contributed by atoms with van der Waals surface area (Å²) in [5, 5.41) is 1.08. The minimum absolute atomic E-state index is 0.194. The Morgan fingerprint density at radius 1 is 1.32 bits per heavy atom. The van der Waals surface area contributed by atoms with Crippen LogP contribution >= 0.6 is 0 Å². The largest absolute Gasteiger partial charge is 0.493 e. The Kier molecular flexibility index (Phi) is 4.44. The molecule has 102 valence electrons. The second kappa shape index (κ2) is 6.27. The van der Waals surface area contributed by atoms with Gasteiger partial charge in [-0.1, -0.05) is 13.0 Å². The van der Waals surface area contributed by atoms with Crippen molar-refractivity contribution in [1.29, 1.82) is 0 Å². The third-order valence-corrected chi connectivity index (χ3v) is 3.02. The van der Waals surface area contributed by atoms with Crippen LogP contribution < -0.4 is 4.74 Å². The van der Waals surface area contributed by atoms with Crippen molar-refractivity contribution in [2.24, 2.45) is 0 Å². The van der Waals surface area contributed by atoms with Gasteiger partial charge in [-0.15, -0.1) is 0 Å². The summed E-state index contributed by atoms with van der Waals surface area (Å²) in [6, 6.07) is 8.01. The summed E-state index contributed by atoms with van der Waals surface area (Å²) in [7, 11) is 1.41. The predicted octanol–water partition coefficient (Wildman–Crippen LogP) is 2.99. The molecule has 0 aliphatic carbocycles. The highest BCUT2D eigenvalue weighted by Gasteiger charge is 2.08. The molecule has 0 aliphatic rings. The van der Waals surface area contributed by atoms with Crippen LogP contribution in [-0.2, 0) is 16.1 Å². The summed E-state index contributed by atoms with van der Waals surface area (Å²) in [6.07, 6.45) is 3.34. The summed E-state index contributed by atoms with van der Waals surface area (Å²) in [5.41, 5.74) is 1.08. The molecule has 0 fully saturated rings. The van der Waals surface area contributed by atoms with Crippen LogP contribution in [0.1, 0.15) is 19.8 Å². The molecule has 0 N–H and O–H groups in total. The number of aromatic nitrogens is 1. The SMILES string of the molecule is CCCOc1cccc2c1ccn2CCC(=O)OC. The monoisotopic (exact) mass is 261 g/mol. The van der Waals surface area contributed by atoms with Gasteiger partial charge in [0.1, 0.15) is 5.75 Å². The Balaban J connectivity index is 2.20. The predicted molar refractivity (Wildman–Crippen MR) is 74.4 cm³/mol. The van der Waals surface area contributed by atoms with Crippen molar-refractivity contribution < 1.29 is 14.3 Å². The molecule has 19 heavy (non-hydrogen) atoms. The van der Waals surface area contributed by atoms with Crippen molar-refractivity contribution in [3.8, 4) is 5.75 Å². The number of carbonyl (C=O) groups is 1. The number of ether oxygens (including phenoxy) is 2. The van der Waals surface area contributed by atoms with E-state index in [1.54, 1.807) is 0 Å². The van der Waals surface area contributed by atoms with Crippen LogP contribution in [0, 0.1) is 0 Å². The Hall–Kier alpha value is -1.97. The van der Waals surface area contributed by atoms with Gasteiger partial charge >= 0.3 is 5.97 Å². The second-order valence-electron chi connectivity index (χ2n) is 4.37. The topological polar surface area (TPSA) is 40.5 Å². The van der Waals surface area contributed by atoms with Crippen LogP contribution in [0.4, 0.5) is 0 Å². The van der Waals surface area contributed by atoms with Crippen LogP contribution in [0.5, 0.6) is 5.75 Å². The van der Waals surface area contributed by atoms with Gasteiger partial charge in [0, 0.05) is 18.1 Å². The molecule has 1 heterocycles. The van der Waals surface area contributed by atoms with Gasteiger partial charge in [-0.3, -0.25) is 4.79 Å². The Morgan fingerprint density at radius 3 is 2.89 bits per heavy atom. The zero-order valence-corrected chi connectivity index (χ0v) is 11.4. The zero-order chi connectivity index (χ0) is 13.7. The van der Waals surface area contributed by atoms with Gasteiger partial charge in [-0.2, -0.15) is 0 Å². The number of hydrogen-bond donors (Lipinski definition) is 0. The molecule has 2 rings (SSSR count). The first kappa shape index (κ1) is 13.5. The third-order valence-electron chi connectivity index (χ3n) is 3.02. The molecule has 4 heteroatoms.